The third-order valence-electron chi connectivity index (χ3n) is 4.60. The monoisotopic (exact) mass is 368 g/mol. The van der Waals surface area contributed by atoms with Crippen LogP contribution in [0.3, 0.4) is 0 Å². The summed E-state index contributed by atoms with van der Waals surface area (Å²) < 4.78 is 32.5. The molecule has 0 spiro atoms. The van der Waals surface area contributed by atoms with Gasteiger partial charge in [-0.05, 0) is 56.4 Å². The van der Waals surface area contributed by atoms with Crippen molar-refractivity contribution < 1.29 is 17.9 Å². The van der Waals surface area contributed by atoms with Crippen molar-refractivity contribution in [3.8, 4) is 5.75 Å². The number of hydrogen-bond donors (Lipinski definition) is 1. The SMILES string of the molecule is CC[C@H](C)NS(=O)(=O)c1ccc(OCC(=O)N2CCC(C)CC2)cc1. The molecule has 2 rings (SSSR count). The molecule has 1 aliphatic rings. The number of likely N-dealkylation sites (tertiary alicyclic amines) is 1. The summed E-state index contributed by atoms with van der Waals surface area (Å²) in [6.45, 7) is 7.48. The second-order valence-corrected chi connectivity index (χ2v) is 8.47. The lowest BCUT2D eigenvalue weighted by atomic mass is 9.99. The number of nitrogens with zero attached hydrogens (tertiary/aromatic N) is 1. The predicted molar refractivity (Wildman–Crippen MR) is 97.0 cm³/mol. The van der Waals surface area contributed by atoms with E-state index < -0.39 is 10.0 Å². The number of carbonyl (C=O) groups excluding carboxylic acids is 1. The van der Waals surface area contributed by atoms with Gasteiger partial charge in [0.15, 0.2) is 6.61 Å². The predicted octanol–water partition coefficient (Wildman–Crippen LogP) is 2.40. The number of rotatable bonds is 7. The van der Waals surface area contributed by atoms with Gasteiger partial charge in [-0.2, -0.15) is 0 Å². The van der Waals surface area contributed by atoms with Crippen molar-refractivity contribution in [3.63, 3.8) is 0 Å². The van der Waals surface area contributed by atoms with Gasteiger partial charge in [0.2, 0.25) is 10.0 Å². The molecule has 0 bridgehead atoms. The molecule has 1 saturated heterocycles. The highest BCUT2D eigenvalue weighted by molar-refractivity contribution is 7.89. The fourth-order valence-corrected chi connectivity index (χ4v) is 3.95. The molecule has 6 nitrogen and oxygen atoms in total. The summed E-state index contributed by atoms with van der Waals surface area (Å²) in [7, 11) is -3.52. The molecule has 0 unspecified atom stereocenters. The van der Waals surface area contributed by atoms with Crippen LogP contribution in [0.2, 0.25) is 0 Å². The summed E-state index contributed by atoms with van der Waals surface area (Å²) in [6, 6.07) is 6.03. The van der Waals surface area contributed by atoms with E-state index in [0.717, 1.165) is 32.4 Å². The number of piperidine rings is 1. The zero-order valence-corrected chi connectivity index (χ0v) is 16.0. The zero-order valence-electron chi connectivity index (χ0n) is 15.2. The largest absolute Gasteiger partial charge is 0.484 e. The van der Waals surface area contributed by atoms with Crippen molar-refractivity contribution in [2.45, 2.75) is 51.0 Å². The molecule has 0 radical (unpaired) electrons. The number of hydrogen-bond acceptors (Lipinski definition) is 4. The first kappa shape index (κ1) is 19.7. The summed E-state index contributed by atoms with van der Waals surface area (Å²) >= 11 is 0. The Bertz CT molecular complexity index is 665. The van der Waals surface area contributed by atoms with Crippen LogP contribution >= 0.6 is 0 Å². The van der Waals surface area contributed by atoms with Gasteiger partial charge in [0.05, 0.1) is 4.90 Å². The molecule has 1 aromatic carbocycles. The van der Waals surface area contributed by atoms with E-state index in [-0.39, 0.29) is 23.5 Å². The van der Waals surface area contributed by atoms with Crippen LogP contribution in [0.4, 0.5) is 0 Å². The van der Waals surface area contributed by atoms with Crippen LogP contribution in [0.5, 0.6) is 5.75 Å². The van der Waals surface area contributed by atoms with Gasteiger partial charge in [0, 0.05) is 19.1 Å². The highest BCUT2D eigenvalue weighted by atomic mass is 32.2. The Morgan fingerprint density at radius 3 is 2.44 bits per heavy atom. The van der Waals surface area contributed by atoms with E-state index in [2.05, 4.69) is 11.6 Å². The lowest BCUT2D eigenvalue weighted by Crippen LogP contribution is -2.40. The van der Waals surface area contributed by atoms with Gasteiger partial charge in [-0.25, -0.2) is 13.1 Å². The molecule has 1 amide bonds. The van der Waals surface area contributed by atoms with Crippen LogP contribution in [0.25, 0.3) is 0 Å². The van der Waals surface area contributed by atoms with Gasteiger partial charge < -0.3 is 9.64 Å². The van der Waals surface area contributed by atoms with Crippen molar-refractivity contribution in [1.82, 2.24) is 9.62 Å². The highest BCUT2D eigenvalue weighted by Crippen LogP contribution is 2.18. The average Bonchev–Trinajstić information content (AvgIpc) is 2.60. The summed E-state index contributed by atoms with van der Waals surface area (Å²) in [5.74, 6) is 1.13. The normalized spacial score (nSPS) is 17.3. The Kier molecular flexibility index (Phi) is 6.84. The maximum atomic E-state index is 12.2. The first-order valence-corrected chi connectivity index (χ1v) is 10.3. The number of amides is 1. The Morgan fingerprint density at radius 1 is 1.28 bits per heavy atom. The van der Waals surface area contributed by atoms with Crippen LogP contribution in [-0.4, -0.2) is 45.0 Å². The Hall–Kier alpha value is -1.60. The van der Waals surface area contributed by atoms with Gasteiger partial charge in [-0.3, -0.25) is 4.79 Å². The molecule has 1 N–H and O–H groups in total. The molecule has 25 heavy (non-hydrogen) atoms. The lowest BCUT2D eigenvalue weighted by molar-refractivity contribution is -0.134. The summed E-state index contributed by atoms with van der Waals surface area (Å²) in [5, 5.41) is 0. The van der Waals surface area contributed by atoms with Gasteiger partial charge in [0.25, 0.3) is 5.91 Å². The van der Waals surface area contributed by atoms with E-state index in [1.165, 1.54) is 12.1 Å². The molecule has 140 valence electrons. The van der Waals surface area contributed by atoms with Crippen LogP contribution < -0.4 is 9.46 Å². The van der Waals surface area contributed by atoms with Gasteiger partial charge >= 0.3 is 0 Å². The van der Waals surface area contributed by atoms with Crippen molar-refractivity contribution in [1.29, 1.82) is 0 Å². The minimum Gasteiger partial charge on any atom is -0.484 e. The molecule has 1 fully saturated rings. The van der Waals surface area contributed by atoms with Gasteiger partial charge in [-0.15, -0.1) is 0 Å². The molecular formula is C18H28N2O4S. The van der Waals surface area contributed by atoms with Crippen LogP contribution in [-0.2, 0) is 14.8 Å². The molecule has 1 heterocycles. The van der Waals surface area contributed by atoms with E-state index in [4.69, 9.17) is 4.74 Å². The smallest absolute Gasteiger partial charge is 0.260 e. The number of carbonyl (C=O) groups is 1. The average molecular weight is 368 g/mol. The molecular weight excluding hydrogens is 340 g/mol. The molecule has 1 atom stereocenters. The van der Waals surface area contributed by atoms with E-state index in [9.17, 15) is 13.2 Å². The molecule has 1 aromatic rings. The molecule has 0 saturated carbocycles. The highest BCUT2D eigenvalue weighted by Gasteiger charge is 2.21. The topological polar surface area (TPSA) is 75.7 Å². The fraction of sp³-hybridized carbons (Fsp3) is 0.611. The first-order valence-electron chi connectivity index (χ1n) is 8.84. The van der Waals surface area contributed by atoms with E-state index in [1.807, 2.05) is 18.7 Å². The number of ether oxygens (including phenoxy) is 1. The van der Waals surface area contributed by atoms with Gasteiger partial charge in [0.1, 0.15) is 5.75 Å². The lowest BCUT2D eigenvalue weighted by Gasteiger charge is -2.30. The second kappa shape index (κ2) is 8.67. The molecule has 0 aliphatic carbocycles. The van der Waals surface area contributed by atoms with Crippen LogP contribution in [0, 0.1) is 5.92 Å². The van der Waals surface area contributed by atoms with Crippen molar-refractivity contribution >= 4 is 15.9 Å². The van der Waals surface area contributed by atoms with Gasteiger partial charge in [-0.1, -0.05) is 13.8 Å². The van der Waals surface area contributed by atoms with Crippen molar-refractivity contribution in [2.75, 3.05) is 19.7 Å². The van der Waals surface area contributed by atoms with E-state index >= 15 is 0 Å². The summed E-state index contributed by atoms with van der Waals surface area (Å²) in [4.78, 5) is 14.2. The first-order chi connectivity index (χ1) is 11.8. The van der Waals surface area contributed by atoms with Crippen molar-refractivity contribution in [3.05, 3.63) is 24.3 Å². The molecule has 1 aliphatic heterocycles. The number of nitrogens with one attached hydrogen (secondary N) is 1. The van der Waals surface area contributed by atoms with E-state index in [0.29, 0.717) is 11.7 Å². The summed E-state index contributed by atoms with van der Waals surface area (Å²) in [5.41, 5.74) is 0. The standard InChI is InChI=1S/C18H28N2O4S/c1-4-15(3)19-25(22,23)17-7-5-16(6-8-17)24-13-18(21)20-11-9-14(2)10-12-20/h5-8,14-15,19H,4,9-13H2,1-3H3/t15-/m0/s1. The number of sulfonamides is 1. The van der Waals surface area contributed by atoms with Crippen molar-refractivity contribution in [2.24, 2.45) is 5.92 Å². The minimum atomic E-state index is -3.52. The maximum Gasteiger partial charge on any atom is 0.260 e. The van der Waals surface area contributed by atoms with Crippen LogP contribution in [0.1, 0.15) is 40.0 Å². The molecule has 0 aromatic heterocycles. The zero-order chi connectivity index (χ0) is 18.4. The minimum absolute atomic E-state index is 0.0222. The fourth-order valence-electron chi connectivity index (χ4n) is 2.63. The van der Waals surface area contributed by atoms with Crippen LogP contribution in [0.15, 0.2) is 29.2 Å². The number of benzene rings is 1. The molecule has 7 heteroatoms. The Morgan fingerprint density at radius 2 is 1.88 bits per heavy atom. The second-order valence-electron chi connectivity index (χ2n) is 6.75. The summed E-state index contributed by atoms with van der Waals surface area (Å²) in [6.07, 6.45) is 2.78. The Balaban J connectivity index is 1.89. The quantitative estimate of drug-likeness (QED) is 0.802. The third-order valence-corrected chi connectivity index (χ3v) is 6.21. The Labute approximate surface area is 150 Å². The maximum absolute atomic E-state index is 12.2. The third kappa shape index (κ3) is 5.71. The van der Waals surface area contributed by atoms with E-state index in [1.54, 1.807) is 12.1 Å².